The lowest BCUT2D eigenvalue weighted by Gasteiger charge is -2.34. The topological polar surface area (TPSA) is 106 Å². The van der Waals surface area contributed by atoms with Crippen LogP contribution in [0, 0.1) is 0 Å². The maximum Gasteiger partial charge on any atom is 0.254 e. The van der Waals surface area contributed by atoms with Gasteiger partial charge in [0.25, 0.3) is 11.8 Å². The van der Waals surface area contributed by atoms with Crippen LogP contribution in [-0.2, 0) is 9.59 Å². The van der Waals surface area contributed by atoms with Crippen molar-refractivity contribution in [1.29, 1.82) is 0 Å². The van der Waals surface area contributed by atoms with Crippen molar-refractivity contribution in [3.8, 4) is 0 Å². The Morgan fingerprint density at radius 3 is 2.58 bits per heavy atom. The zero-order chi connectivity index (χ0) is 23.5. The van der Waals surface area contributed by atoms with E-state index in [0.29, 0.717) is 13.1 Å². The number of para-hydroxylation sites is 1. The Balaban J connectivity index is 1.37. The maximum absolute atomic E-state index is 12.9. The Morgan fingerprint density at radius 1 is 1.12 bits per heavy atom. The minimum Gasteiger partial charge on any atom is -0.380 e. The van der Waals surface area contributed by atoms with Crippen molar-refractivity contribution in [3.63, 3.8) is 0 Å². The van der Waals surface area contributed by atoms with E-state index in [0.717, 1.165) is 39.5 Å². The summed E-state index contributed by atoms with van der Waals surface area (Å²) in [5.41, 5.74) is 2.93. The summed E-state index contributed by atoms with van der Waals surface area (Å²) >= 11 is 3.36. The van der Waals surface area contributed by atoms with Crippen LogP contribution in [0.5, 0.6) is 0 Å². The van der Waals surface area contributed by atoms with E-state index < -0.39 is 24.0 Å². The lowest BCUT2D eigenvalue weighted by Crippen LogP contribution is -2.52. The van der Waals surface area contributed by atoms with Crippen LogP contribution >= 0.6 is 15.9 Å². The number of aromatic amines is 1. The molecule has 3 aromatic rings. The van der Waals surface area contributed by atoms with Crippen LogP contribution in [0.15, 0.2) is 59.1 Å². The third-order valence-corrected chi connectivity index (χ3v) is 6.80. The van der Waals surface area contributed by atoms with E-state index in [1.165, 1.54) is 0 Å². The Kier molecular flexibility index (Phi) is 7.17. The molecular formula is C25H28BrN3O4. The highest BCUT2D eigenvalue weighted by atomic mass is 79.9. The number of aliphatic hydroxyl groups is 2. The second kappa shape index (κ2) is 10.1. The predicted octanol–water partition coefficient (Wildman–Crippen LogP) is 3.24. The number of amides is 2. The second-order valence-corrected chi connectivity index (χ2v) is 9.52. The zero-order valence-electron chi connectivity index (χ0n) is 18.4. The third kappa shape index (κ3) is 5.29. The standard InChI is InChI=1S/C25H28BrN3O4/c1-15(16-8-10-19(26)11-9-16)27-24(32)22(30)23(31)25(33)29-12-4-6-18(14-29)21-13-17-5-2-3-7-20(17)28-21/h2-3,5,7-11,13,15,18,22-23,28,30-31H,4,6,12,14H2,1H3,(H,27,32)/t15-,18?,22+,23+/m0/s1. The van der Waals surface area contributed by atoms with Crippen molar-refractivity contribution >= 4 is 38.6 Å². The molecule has 4 rings (SSSR count). The number of aromatic nitrogens is 1. The number of piperidine rings is 1. The molecule has 0 bridgehead atoms. The number of hydrogen-bond acceptors (Lipinski definition) is 4. The van der Waals surface area contributed by atoms with Gasteiger partial charge >= 0.3 is 0 Å². The number of rotatable bonds is 6. The molecule has 1 fully saturated rings. The van der Waals surface area contributed by atoms with Crippen LogP contribution in [0.1, 0.15) is 43.0 Å². The number of benzene rings is 2. The molecule has 1 aromatic heterocycles. The van der Waals surface area contributed by atoms with Crippen molar-refractivity contribution in [3.05, 3.63) is 70.3 Å². The lowest BCUT2D eigenvalue weighted by atomic mass is 9.94. The second-order valence-electron chi connectivity index (χ2n) is 8.61. The Bertz CT molecular complexity index is 1100. The van der Waals surface area contributed by atoms with Crippen molar-refractivity contribution < 1.29 is 19.8 Å². The number of H-pyrrole nitrogens is 1. The molecule has 2 amide bonds. The monoisotopic (exact) mass is 513 g/mol. The summed E-state index contributed by atoms with van der Waals surface area (Å²) in [7, 11) is 0. The van der Waals surface area contributed by atoms with Gasteiger partial charge in [0.05, 0.1) is 6.04 Å². The Labute approximate surface area is 200 Å². The van der Waals surface area contributed by atoms with E-state index in [1.54, 1.807) is 11.8 Å². The van der Waals surface area contributed by atoms with Gasteiger partial charge in [-0.05, 0) is 55.0 Å². The molecule has 1 aliphatic rings. The predicted molar refractivity (Wildman–Crippen MR) is 130 cm³/mol. The first-order valence-corrected chi connectivity index (χ1v) is 11.9. The quantitative estimate of drug-likeness (QED) is 0.406. The number of likely N-dealkylation sites (tertiary alicyclic amines) is 1. The van der Waals surface area contributed by atoms with Crippen molar-refractivity contribution in [2.24, 2.45) is 0 Å². The number of nitrogens with zero attached hydrogens (tertiary/aromatic N) is 1. The van der Waals surface area contributed by atoms with Crippen LogP contribution in [0.25, 0.3) is 10.9 Å². The highest BCUT2D eigenvalue weighted by Gasteiger charge is 2.36. The van der Waals surface area contributed by atoms with E-state index in [9.17, 15) is 19.8 Å². The lowest BCUT2D eigenvalue weighted by molar-refractivity contribution is -0.154. The minimum atomic E-state index is -1.84. The van der Waals surface area contributed by atoms with Gasteiger partial charge in [0.15, 0.2) is 12.2 Å². The van der Waals surface area contributed by atoms with Gasteiger partial charge < -0.3 is 25.4 Å². The summed E-state index contributed by atoms with van der Waals surface area (Å²) in [6, 6.07) is 17.1. The van der Waals surface area contributed by atoms with E-state index in [2.05, 4.69) is 32.3 Å². The molecule has 1 aliphatic heterocycles. The average Bonchev–Trinajstić information content (AvgIpc) is 3.27. The molecule has 4 N–H and O–H groups in total. The number of halogens is 1. The fraction of sp³-hybridized carbons (Fsp3) is 0.360. The number of carbonyl (C=O) groups is 2. The molecule has 174 valence electrons. The molecule has 7 nitrogen and oxygen atoms in total. The van der Waals surface area contributed by atoms with Crippen LogP contribution < -0.4 is 5.32 Å². The van der Waals surface area contributed by atoms with E-state index in [-0.39, 0.29) is 12.0 Å². The Morgan fingerprint density at radius 2 is 1.85 bits per heavy atom. The summed E-state index contributed by atoms with van der Waals surface area (Å²) in [6.45, 7) is 2.68. The van der Waals surface area contributed by atoms with Crippen LogP contribution in [0.4, 0.5) is 0 Å². The molecule has 33 heavy (non-hydrogen) atoms. The first-order chi connectivity index (χ1) is 15.8. The molecule has 4 atom stereocenters. The van der Waals surface area contributed by atoms with Crippen LogP contribution in [0.3, 0.4) is 0 Å². The number of carbonyl (C=O) groups excluding carboxylic acids is 2. The molecule has 8 heteroatoms. The normalized spacial score (nSPS) is 19.2. The highest BCUT2D eigenvalue weighted by Crippen LogP contribution is 2.29. The number of aliphatic hydroxyl groups excluding tert-OH is 2. The van der Waals surface area contributed by atoms with Gasteiger partial charge in [0.1, 0.15) is 0 Å². The largest absolute Gasteiger partial charge is 0.380 e. The molecule has 0 saturated carbocycles. The molecule has 1 saturated heterocycles. The van der Waals surface area contributed by atoms with Crippen LogP contribution in [0.2, 0.25) is 0 Å². The summed E-state index contributed by atoms with van der Waals surface area (Å²) in [6.07, 6.45) is -1.96. The maximum atomic E-state index is 12.9. The van der Waals surface area contributed by atoms with Gasteiger partial charge in [-0.3, -0.25) is 9.59 Å². The summed E-state index contributed by atoms with van der Waals surface area (Å²) in [5, 5.41) is 24.6. The van der Waals surface area contributed by atoms with Gasteiger partial charge in [-0.1, -0.05) is 46.3 Å². The van der Waals surface area contributed by atoms with E-state index in [4.69, 9.17) is 0 Å². The molecule has 1 unspecified atom stereocenters. The minimum absolute atomic E-state index is 0.102. The van der Waals surface area contributed by atoms with Gasteiger partial charge in [-0.25, -0.2) is 0 Å². The van der Waals surface area contributed by atoms with E-state index >= 15 is 0 Å². The first-order valence-electron chi connectivity index (χ1n) is 11.1. The summed E-state index contributed by atoms with van der Waals surface area (Å²) in [5.74, 6) is -1.31. The fourth-order valence-electron chi connectivity index (χ4n) is 4.35. The van der Waals surface area contributed by atoms with Crippen LogP contribution in [-0.4, -0.2) is 57.2 Å². The summed E-state index contributed by atoms with van der Waals surface area (Å²) in [4.78, 5) is 30.4. The van der Waals surface area contributed by atoms with Gasteiger partial charge in [-0.2, -0.15) is 0 Å². The van der Waals surface area contributed by atoms with Crippen molar-refractivity contribution in [1.82, 2.24) is 15.2 Å². The molecule has 0 aliphatic carbocycles. The highest BCUT2D eigenvalue weighted by molar-refractivity contribution is 9.10. The smallest absolute Gasteiger partial charge is 0.254 e. The van der Waals surface area contributed by atoms with Crippen molar-refractivity contribution in [2.75, 3.05) is 13.1 Å². The number of nitrogens with one attached hydrogen (secondary N) is 2. The Hall–Kier alpha value is -2.68. The summed E-state index contributed by atoms with van der Waals surface area (Å²) < 4.78 is 0.915. The van der Waals surface area contributed by atoms with Gasteiger partial charge in [0.2, 0.25) is 0 Å². The molecular weight excluding hydrogens is 486 g/mol. The first kappa shape index (κ1) is 23.5. The SMILES string of the molecule is C[C@H](NC(=O)[C@H](O)[C@@H](O)C(=O)N1CCCC(c2cc3ccccc3[nH]2)C1)c1ccc(Br)cc1. The third-order valence-electron chi connectivity index (χ3n) is 6.27. The van der Waals surface area contributed by atoms with Gasteiger partial charge in [-0.15, -0.1) is 0 Å². The molecule has 2 aromatic carbocycles. The zero-order valence-corrected chi connectivity index (χ0v) is 20.0. The van der Waals surface area contributed by atoms with Crippen molar-refractivity contribution in [2.45, 2.75) is 43.9 Å². The average molecular weight is 514 g/mol. The molecule has 2 heterocycles. The number of fused-ring (bicyclic) bond motifs is 1. The van der Waals surface area contributed by atoms with Gasteiger partial charge in [0, 0.05) is 34.7 Å². The molecule has 0 spiro atoms. The molecule has 0 radical (unpaired) electrons. The van der Waals surface area contributed by atoms with E-state index in [1.807, 2.05) is 48.5 Å². The fourth-order valence-corrected chi connectivity index (χ4v) is 4.61. The number of hydrogen-bond donors (Lipinski definition) is 4.